The fraction of sp³-hybridized carbons (Fsp3) is 0.278. The SMILES string of the molecule is CC1Cc2ccccc2N1CC(=O)NCc1ccc(S(N)(=O)=O)cc1. The van der Waals surface area contributed by atoms with E-state index in [2.05, 4.69) is 23.2 Å². The maximum atomic E-state index is 12.3. The van der Waals surface area contributed by atoms with Gasteiger partial charge in [0, 0.05) is 18.3 Å². The normalized spacial score (nSPS) is 16.6. The number of rotatable bonds is 5. The van der Waals surface area contributed by atoms with Crippen molar-refractivity contribution in [3.8, 4) is 0 Å². The van der Waals surface area contributed by atoms with Gasteiger partial charge in [0.2, 0.25) is 15.9 Å². The van der Waals surface area contributed by atoms with E-state index >= 15 is 0 Å². The third kappa shape index (κ3) is 4.00. The molecule has 0 bridgehead atoms. The molecule has 3 rings (SSSR count). The topological polar surface area (TPSA) is 92.5 Å². The number of benzene rings is 2. The lowest BCUT2D eigenvalue weighted by atomic mass is 10.1. The number of sulfonamides is 1. The van der Waals surface area contributed by atoms with Gasteiger partial charge < -0.3 is 10.2 Å². The van der Waals surface area contributed by atoms with Gasteiger partial charge in [-0.2, -0.15) is 0 Å². The molecule has 2 aromatic carbocycles. The zero-order chi connectivity index (χ0) is 18.0. The van der Waals surface area contributed by atoms with Crippen molar-refractivity contribution in [2.24, 2.45) is 5.14 Å². The molecule has 0 saturated carbocycles. The summed E-state index contributed by atoms with van der Waals surface area (Å²) in [5, 5.41) is 7.94. The summed E-state index contributed by atoms with van der Waals surface area (Å²) in [5.74, 6) is -0.0703. The highest BCUT2D eigenvalue weighted by atomic mass is 32.2. The molecule has 0 fully saturated rings. The molecule has 0 spiro atoms. The van der Waals surface area contributed by atoms with E-state index in [1.165, 1.54) is 17.7 Å². The Balaban J connectivity index is 1.59. The van der Waals surface area contributed by atoms with Gasteiger partial charge >= 0.3 is 0 Å². The summed E-state index contributed by atoms with van der Waals surface area (Å²) in [4.78, 5) is 14.5. The first kappa shape index (κ1) is 17.4. The van der Waals surface area contributed by atoms with Crippen LogP contribution < -0.4 is 15.4 Å². The van der Waals surface area contributed by atoms with Gasteiger partial charge in [0.15, 0.2) is 0 Å². The van der Waals surface area contributed by atoms with Gasteiger partial charge in [-0.25, -0.2) is 13.6 Å². The average Bonchev–Trinajstić information content (AvgIpc) is 2.88. The summed E-state index contributed by atoms with van der Waals surface area (Å²) in [6.07, 6.45) is 0.943. The number of nitrogens with one attached hydrogen (secondary N) is 1. The number of hydrogen-bond acceptors (Lipinski definition) is 4. The van der Waals surface area contributed by atoms with Crippen LogP contribution in [-0.2, 0) is 27.8 Å². The van der Waals surface area contributed by atoms with Crippen molar-refractivity contribution < 1.29 is 13.2 Å². The van der Waals surface area contributed by atoms with Crippen molar-refractivity contribution in [2.45, 2.75) is 30.8 Å². The second-order valence-corrected chi connectivity index (χ2v) is 7.84. The van der Waals surface area contributed by atoms with Crippen LogP contribution in [0.25, 0.3) is 0 Å². The Kier molecular flexibility index (Phi) is 4.78. The number of fused-ring (bicyclic) bond motifs is 1. The van der Waals surface area contributed by atoms with Crippen molar-refractivity contribution in [3.05, 3.63) is 59.7 Å². The van der Waals surface area contributed by atoms with Crippen LogP contribution in [0.3, 0.4) is 0 Å². The van der Waals surface area contributed by atoms with Gasteiger partial charge in [0.05, 0.1) is 11.4 Å². The van der Waals surface area contributed by atoms with Crippen LogP contribution in [0.4, 0.5) is 5.69 Å². The lowest BCUT2D eigenvalue weighted by Crippen LogP contribution is -2.39. The van der Waals surface area contributed by atoms with Crippen molar-refractivity contribution in [2.75, 3.05) is 11.4 Å². The fourth-order valence-electron chi connectivity index (χ4n) is 3.08. The second kappa shape index (κ2) is 6.85. The van der Waals surface area contributed by atoms with Crippen LogP contribution in [0.2, 0.25) is 0 Å². The van der Waals surface area contributed by atoms with Crippen molar-refractivity contribution in [3.63, 3.8) is 0 Å². The molecular weight excluding hydrogens is 338 g/mol. The average molecular weight is 359 g/mol. The van der Waals surface area contributed by atoms with Crippen LogP contribution in [0.5, 0.6) is 0 Å². The van der Waals surface area contributed by atoms with Gasteiger partial charge in [-0.05, 0) is 42.7 Å². The Morgan fingerprint density at radius 1 is 1.20 bits per heavy atom. The molecule has 1 heterocycles. The highest BCUT2D eigenvalue weighted by molar-refractivity contribution is 7.89. The van der Waals surface area contributed by atoms with E-state index in [0.29, 0.717) is 13.1 Å². The molecule has 0 aliphatic carbocycles. The minimum Gasteiger partial charge on any atom is -0.359 e. The van der Waals surface area contributed by atoms with E-state index < -0.39 is 10.0 Å². The third-order valence-corrected chi connectivity index (χ3v) is 5.33. The summed E-state index contributed by atoms with van der Waals surface area (Å²) in [5.41, 5.74) is 3.19. The number of carbonyl (C=O) groups is 1. The third-order valence-electron chi connectivity index (χ3n) is 4.40. The zero-order valence-electron chi connectivity index (χ0n) is 14.0. The van der Waals surface area contributed by atoms with Gasteiger partial charge in [-0.1, -0.05) is 30.3 Å². The molecule has 2 aromatic rings. The van der Waals surface area contributed by atoms with Gasteiger partial charge in [-0.15, -0.1) is 0 Å². The molecule has 1 amide bonds. The van der Waals surface area contributed by atoms with E-state index in [-0.39, 0.29) is 16.8 Å². The number of carbonyl (C=O) groups excluding carboxylic acids is 1. The summed E-state index contributed by atoms with van der Waals surface area (Å²) < 4.78 is 22.5. The maximum Gasteiger partial charge on any atom is 0.239 e. The molecule has 0 aromatic heterocycles. The molecule has 0 radical (unpaired) electrons. The number of para-hydroxylation sites is 1. The molecule has 1 unspecified atom stereocenters. The van der Waals surface area contributed by atoms with Crippen molar-refractivity contribution >= 4 is 21.6 Å². The van der Waals surface area contributed by atoms with Crippen LogP contribution >= 0.6 is 0 Å². The second-order valence-electron chi connectivity index (χ2n) is 6.28. The Labute approximate surface area is 147 Å². The lowest BCUT2D eigenvalue weighted by molar-refractivity contribution is -0.120. The Bertz CT molecular complexity index is 879. The van der Waals surface area contributed by atoms with E-state index in [9.17, 15) is 13.2 Å². The van der Waals surface area contributed by atoms with Crippen LogP contribution in [-0.4, -0.2) is 26.9 Å². The van der Waals surface area contributed by atoms with Crippen molar-refractivity contribution in [1.82, 2.24) is 5.32 Å². The van der Waals surface area contributed by atoms with E-state index in [1.807, 2.05) is 18.2 Å². The number of amides is 1. The van der Waals surface area contributed by atoms with E-state index in [1.54, 1.807) is 12.1 Å². The minimum absolute atomic E-state index is 0.0603. The van der Waals surface area contributed by atoms with Crippen LogP contribution in [0, 0.1) is 0 Å². The molecule has 1 aliphatic rings. The van der Waals surface area contributed by atoms with E-state index in [0.717, 1.165) is 17.7 Å². The van der Waals surface area contributed by atoms with E-state index in [4.69, 9.17) is 5.14 Å². The first-order valence-corrected chi connectivity index (χ1v) is 9.62. The molecule has 7 heteroatoms. The number of anilines is 1. The van der Waals surface area contributed by atoms with Crippen LogP contribution in [0.1, 0.15) is 18.1 Å². The Hall–Kier alpha value is -2.38. The van der Waals surface area contributed by atoms with Gasteiger partial charge in [0.1, 0.15) is 0 Å². The number of hydrogen-bond donors (Lipinski definition) is 2. The molecule has 1 atom stereocenters. The zero-order valence-corrected chi connectivity index (χ0v) is 14.8. The van der Waals surface area contributed by atoms with Crippen molar-refractivity contribution in [1.29, 1.82) is 0 Å². The number of primary sulfonamides is 1. The predicted molar refractivity (Wildman–Crippen MR) is 96.6 cm³/mol. The molecular formula is C18H21N3O3S. The van der Waals surface area contributed by atoms with Gasteiger partial charge in [0.25, 0.3) is 0 Å². The summed E-state index contributed by atoms with van der Waals surface area (Å²) in [6.45, 7) is 2.75. The monoisotopic (exact) mass is 359 g/mol. The fourth-order valence-corrected chi connectivity index (χ4v) is 3.59. The highest BCUT2D eigenvalue weighted by Gasteiger charge is 2.26. The predicted octanol–water partition coefficient (Wildman–Crippen LogP) is 1.40. The summed E-state index contributed by atoms with van der Waals surface area (Å²) >= 11 is 0. The smallest absolute Gasteiger partial charge is 0.239 e. The number of nitrogens with two attached hydrogens (primary N) is 1. The maximum absolute atomic E-state index is 12.3. The van der Waals surface area contributed by atoms with Crippen LogP contribution in [0.15, 0.2) is 53.4 Å². The quantitative estimate of drug-likeness (QED) is 0.844. The lowest BCUT2D eigenvalue weighted by Gasteiger charge is -2.24. The molecule has 6 nitrogen and oxygen atoms in total. The molecule has 3 N–H and O–H groups in total. The molecule has 1 aliphatic heterocycles. The molecule has 132 valence electrons. The first-order valence-electron chi connectivity index (χ1n) is 8.07. The minimum atomic E-state index is -3.70. The molecule has 0 saturated heterocycles. The Morgan fingerprint density at radius 3 is 2.56 bits per heavy atom. The highest BCUT2D eigenvalue weighted by Crippen LogP contribution is 2.31. The largest absolute Gasteiger partial charge is 0.359 e. The number of nitrogens with zero attached hydrogens (tertiary/aromatic N) is 1. The molecule has 25 heavy (non-hydrogen) atoms. The Morgan fingerprint density at radius 2 is 1.88 bits per heavy atom. The van der Waals surface area contributed by atoms with Gasteiger partial charge in [-0.3, -0.25) is 4.79 Å². The summed E-state index contributed by atoms with van der Waals surface area (Å²) in [7, 11) is -3.70. The standard InChI is InChI=1S/C18H21N3O3S/c1-13-10-15-4-2-3-5-17(15)21(13)12-18(22)20-11-14-6-8-16(9-7-14)25(19,23)24/h2-9,13H,10-12H2,1H3,(H,20,22)(H2,19,23,24). The summed E-state index contributed by atoms with van der Waals surface area (Å²) in [6, 6.07) is 14.6. The first-order chi connectivity index (χ1) is 11.8.